The van der Waals surface area contributed by atoms with E-state index < -0.39 is 17.2 Å². The van der Waals surface area contributed by atoms with Gasteiger partial charge in [-0.25, -0.2) is 8.78 Å². The average molecular weight is 382 g/mol. The summed E-state index contributed by atoms with van der Waals surface area (Å²) in [5.74, 6) is -0.931. The molecule has 144 valence electrons. The van der Waals surface area contributed by atoms with Gasteiger partial charge in [-0.3, -0.25) is 14.8 Å². The highest BCUT2D eigenvalue weighted by molar-refractivity contribution is 6.04. The molecular weight excluding hydrogens is 362 g/mol. The standard InChI is InChI=1S/C21H20F2N4O/c1-21(2)18-16(12-27(21)11-14-8-9-15(22)10-17(14)23)19(26-25-18)24-20(28)13-6-4-3-5-7-13/h3-10H,11-12H2,1-2H3,(H2,24,25,26,28). The third kappa shape index (κ3) is 3.18. The number of hydrogen-bond donors (Lipinski definition) is 2. The van der Waals surface area contributed by atoms with Crippen LogP contribution in [0.2, 0.25) is 0 Å². The van der Waals surface area contributed by atoms with E-state index in [1.165, 1.54) is 12.1 Å². The van der Waals surface area contributed by atoms with Crippen LogP contribution < -0.4 is 5.32 Å². The Labute approximate surface area is 161 Å². The molecule has 0 aliphatic carbocycles. The molecule has 5 nitrogen and oxygen atoms in total. The smallest absolute Gasteiger partial charge is 0.256 e. The molecule has 0 spiro atoms. The number of carbonyl (C=O) groups excluding carboxylic acids is 1. The molecule has 1 aliphatic rings. The second kappa shape index (κ2) is 6.83. The number of anilines is 1. The third-order valence-electron chi connectivity index (χ3n) is 5.26. The van der Waals surface area contributed by atoms with Gasteiger partial charge in [-0.2, -0.15) is 5.10 Å². The maximum Gasteiger partial charge on any atom is 0.256 e. The highest BCUT2D eigenvalue weighted by atomic mass is 19.1. The van der Waals surface area contributed by atoms with Gasteiger partial charge < -0.3 is 5.32 Å². The fraction of sp³-hybridized carbons (Fsp3) is 0.238. The second-order valence-electron chi connectivity index (χ2n) is 7.40. The fourth-order valence-corrected chi connectivity index (χ4v) is 3.55. The lowest BCUT2D eigenvalue weighted by Crippen LogP contribution is -2.35. The lowest BCUT2D eigenvalue weighted by molar-refractivity contribution is 0.102. The number of fused-ring (bicyclic) bond motifs is 1. The number of amides is 1. The first kappa shape index (κ1) is 18.3. The Hall–Kier alpha value is -3.06. The first-order valence-electron chi connectivity index (χ1n) is 8.99. The Kier molecular flexibility index (Phi) is 4.47. The van der Waals surface area contributed by atoms with Crippen molar-refractivity contribution >= 4 is 11.7 Å². The molecule has 1 aliphatic heterocycles. The van der Waals surface area contributed by atoms with Gasteiger partial charge in [0.15, 0.2) is 5.82 Å². The van der Waals surface area contributed by atoms with Crippen LogP contribution in [0, 0.1) is 11.6 Å². The van der Waals surface area contributed by atoms with Crippen molar-refractivity contribution in [3.8, 4) is 0 Å². The Morgan fingerprint density at radius 2 is 1.96 bits per heavy atom. The van der Waals surface area contributed by atoms with Crippen molar-refractivity contribution < 1.29 is 13.6 Å². The summed E-state index contributed by atoms with van der Waals surface area (Å²) in [7, 11) is 0. The number of halogens is 2. The predicted molar refractivity (Wildman–Crippen MR) is 102 cm³/mol. The molecule has 1 amide bonds. The molecule has 0 saturated carbocycles. The van der Waals surface area contributed by atoms with Gasteiger partial charge in [0, 0.05) is 35.8 Å². The van der Waals surface area contributed by atoms with E-state index in [9.17, 15) is 13.6 Å². The van der Waals surface area contributed by atoms with Gasteiger partial charge in [0.2, 0.25) is 0 Å². The van der Waals surface area contributed by atoms with Crippen LogP contribution in [-0.2, 0) is 18.6 Å². The number of rotatable bonds is 4. The second-order valence-corrected chi connectivity index (χ2v) is 7.40. The summed E-state index contributed by atoms with van der Waals surface area (Å²) in [5, 5.41) is 10.1. The van der Waals surface area contributed by atoms with Crippen LogP contribution >= 0.6 is 0 Å². The number of nitrogens with zero attached hydrogens (tertiary/aromatic N) is 2. The molecular formula is C21H20F2N4O. The highest BCUT2D eigenvalue weighted by Gasteiger charge is 2.41. The van der Waals surface area contributed by atoms with Crippen molar-refractivity contribution in [1.29, 1.82) is 0 Å². The van der Waals surface area contributed by atoms with Crippen molar-refractivity contribution in [2.24, 2.45) is 0 Å². The van der Waals surface area contributed by atoms with E-state index in [1.54, 1.807) is 24.3 Å². The molecule has 7 heteroatoms. The molecule has 0 unspecified atom stereocenters. The average Bonchev–Trinajstić information content (AvgIpc) is 3.17. The van der Waals surface area contributed by atoms with Crippen molar-refractivity contribution in [3.05, 3.63) is 82.5 Å². The maximum absolute atomic E-state index is 14.1. The van der Waals surface area contributed by atoms with E-state index in [0.29, 0.717) is 30.0 Å². The normalized spacial score (nSPS) is 15.4. The highest BCUT2D eigenvalue weighted by Crippen LogP contribution is 2.41. The zero-order valence-electron chi connectivity index (χ0n) is 15.6. The molecule has 2 aromatic carbocycles. The molecule has 28 heavy (non-hydrogen) atoms. The van der Waals surface area contributed by atoms with Crippen LogP contribution in [0.5, 0.6) is 0 Å². The van der Waals surface area contributed by atoms with E-state index >= 15 is 0 Å². The summed E-state index contributed by atoms with van der Waals surface area (Å²) in [5.41, 5.74) is 2.26. The molecule has 0 radical (unpaired) electrons. The summed E-state index contributed by atoms with van der Waals surface area (Å²) in [4.78, 5) is 14.5. The van der Waals surface area contributed by atoms with E-state index in [1.807, 2.05) is 19.9 Å². The summed E-state index contributed by atoms with van der Waals surface area (Å²) < 4.78 is 27.3. The molecule has 0 bridgehead atoms. The van der Waals surface area contributed by atoms with Crippen molar-refractivity contribution in [2.45, 2.75) is 32.5 Å². The third-order valence-corrected chi connectivity index (χ3v) is 5.26. The van der Waals surface area contributed by atoms with Crippen LogP contribution in [0.3, 0.4) is 0 Å². The largest absolute Gasteiger partial charge is 0.305 e. The Balaban J connectivity index is 1.57. The minimum absolute atomic E-state index is 0.240. The van der Waals surface area contributed by atoms with Crippen LogP contribution in [0.1, 0.15) is 41.0 Å². The molecule has 4 rings (SSSR count). The number of carbonyl (C=O) groups is 1. The number of H-pyrrole nitrogens is 1. The van der Waals surface area contributed by atoms with E-state index in [-0.39, 0.29) is 5.91 Å². The van der Waals surface area contributed by atoms with Crippen molar-refractivity contribution in [3.63, 3.8) is 0 Å². The summed E-state index contributed by atoms with van der Waals surface area (Å²) >= 11 is 0. The minimum atomic E-state index is -0.595. The van der Waals surface area contributed by atoms with Crippen LogP contribution in [0.15, 0.2) is 48.5 Å². The van der Waals surface area contributed by atoms with Gasteiger partial charge in [-0.15, -0.1) is 0 Å². The zero-order chi connectivity index (χ0) is 19.9. The van der Waals surface area contributed by atoms with E-state index in [0.717, 1.165) is 17.3 Å². The van der Waals surface area contributed by atoms with Gasteiger partial charge in [0.1, 0.15) is 11.6 Å². The van der Waals surface area contributed by atoms with Gasteiger partial charge in [-0.05, 0) is 32.0 Å². The lowest BCUT2D eigenvalue weighted by atomic mass is 10.00. The molecule has 1 aromatic heterocycles. The van der Waals surface area contributed by atoms with E-state index in [2.05, 4.69) is 20.4 Å². The number of aromatic amines is 1. The molecule has 0 atom stereocenters. The topological polar surface area (TPSA) is 61.0 Å². The monoisotopic (exact) mass is 382 g/mol. The number of nitrogens with one attached hydrogen (secondary N) is 2. The van der Waals surface area contributed by atoms with Crippen molar-refractivity contribution in [1.82, 2.24) is 15.1 Å². The quantitative estimate of drug-likeness (QED) is 0.711. The number of benzene rings is 2. The molecule has 0 fully saturated rings. The van der Waals surface area contributed by atoms with Crippen LogP contribution in [0.4, 0.5) is 14.6 Å². The predicted octanol–water partition coefficient (Wildman–Crippen LogP) is 4.19. The zero-order valence-corrected chi connectivity index (χ0v) is 15.6. The van der Waals surface area contributed by atoms with Gasteiger partial charge >= 0.3 is 0 Å². The van der Waals surface area contributed by atoms with Crippen LogP contribution in [0.25, 0.3) is 0 Å². The van der Waals surface area contributed by atoms with Gasteiger partial charge in [0.05, 0.1) is 11.2 Å². The lowest BCUT2D eigenvalue weighted by Gasteiger charge is -2.31. The van der Waals surface area contributed by atoms with Crippen LogP contribution in [-0.4, -0.2) is 21.0 Å². The first-order chi connectivity index (χ1) is 13.4. The number of aromatic nitrogens is 2. The fourth-order valence-electron chi connectivity index (χ4n) is 3.55. The SMILES string of the molecule is CC1(C)c2[nH]nc(NC(=O)c3ccccc3)c2CN1Cc1ccc(F)cc1F. The number of hydrogen-bond acceptors (Lipinski definition) is 3. The van der Waals surface area contributed by atoms with Gasteiger partial charge in [-0.1, -0.05) is 24.3 Å². The Bertz CT molecular complexity index is 1030. The molecule has 2 heterocycles. The molecule has 0 saturated heterocycles. The van der Waals surface area contributed by atoms with E-state index in [4.69, 9.17) is 0 Å². The minimum Gasteiger partial charge on any atom is -0.305 e. The van der Waals surface area contributed by atoms with Crippen molar-refractivity contribution in [2.75, 3.05) is 5.32 Å². The summed E-state index contributed by atoms with van der Waals surface area (Å²) in [6, 6.07) is 12.5. The molecule has 3 aromatic rings. The Morgan fingerprint density at radius 1 is 1.21 bits per heavy atom. The maximum atomic E-state index is 14.1. The van der Waals surface area contributed by atoms with Gasteiger partial charge in [0.25, 0.3) is 5.91 Å². The summed E-state index contributed by atoms with van der Waals surface area (Å²) in [6.45, 7) is 4.80. The Morgan fingerprint density at radius 3 is 2.68 bits per heavy atom. The molecule has 2 N–H and O–H groups in total. The first-order valence-corrected chi connectivity index (χ1v) is 8.99. The summed E-state index contributed by atoms with van der Waals surface area (Å²) in [6.07, 6.45) is 0.